The van der Waals surface area contributed by atoms with E-state index < -0.39 is 0 Å². The Bertz CT molecular complexity index is 495. The van der Waals surface area contributed by atoms with Crippen LogP contribution in [-0.4, -0.2) is 14.5 Å². The smallest absolute Gasteiger partial charge is 0.138 e. The number of nitrogens with two attached hydrogens (primary N) is 1. The van der Waals surface area contributed by atoms with Gasteiger partial charge in [-0.3, -0.25) is 4.57 Å². The van der Waals surface area contributed by atoms with Gasteiger partial charge >= 0.3 is 0 Å². The minimum atomic E-state index is 0.0144. The van der Waals surface area contributed by atoms with E-state index in [1.807, 2.05) is 16.8 Å². The minimum Gasteiger partial charge on any atom is -0.326 e. The monoisotopic (exact) mass is 230 g/mol. The number of hydrogen-bond donors (Lipinski definition) is 1. The van der Waals surface area contributed by atoms with Crippen molar-refractivity contribution in [2.45, 2.75) is 32.7 Å². The first-order valence-corrected chi connectivity index (χ1v) is 5.70. The molecule has 0 atom stereocenters. The molecule has 0 radical (unpaired) electrons. The standard InChI is InChI=1S/C13H18N4/c1-13(2,3)11-6-10(8-14)7-12(16-11)17-5-4-15-9-17/h4-7,9H,8,14H2,1-3H3. The van der Waals surface area contributed by atoms with Gasteiger partial charge in [-0.25, -0.2) is 9.97 Å². The predicted octanol–water partition coefficient (Wildman–Crippen LogP) is 2.02. The number of nitrogens with zero attached hydrogens (tertiary/aromatic N) is 3. The lowest BCUT2D eigenvalue weighted by Gasteiger charge is -2.19. The van der Waals surface area contributed by atoms with Crippen molar-refractivity contribution in [2.75, 3.05) is 0 Å². The predicted molar refractivity (Wildman–Crippen MR) is 68.0 cm³/mol. The third kappa shape index (κ3) is 2.53. The molecule has 0 saturated carbocycles. The number of imidazole rings is 1. The fraction of sp³-hybridized carbons (Fsp3) is 0.385. The molecule has 0 saturated heterocycles. The molecule has 2 aromatic heterocycles. The molecular weight excluding hydrogens is 212 g/mol. The second kappa shape index (κ2) is 4.30. The maximum atomic E-state index is 5.73. The summed E-state index contributed by atoms with van der Waals surface area (Å²) in [7, 11) is 0. The van der Waals surface area contributed by atoms with Gasteiger partial charge in [0.05, 0.1) is 0 Å². The molecule has 0 aliphatic rings. The van der Waals surface area contributed by atoms with Gasteiger partial charge in [0.2, 0.25) is 0 Å². The molecule has 2 rings (SSSR count). The summed E-state index contributed by atoms with van der Waals surface area (Å²) in [5.74, 6) is 0.871. The van der Waals surface area contributed by atoms with Crippen LogP contribution in [0.15, 0.2) is 30.9 Å². The summed E-state index contributed by atoms with van der Waals surface area (Å²) >= 11 is 0. The van der Waals surface area contributed by atoms with E-state index in [0.29, 0.717) is 6.54 Å². The molecule has 0 bridgehead atoms. The number of pyridine rings is 1. The van der Waals surface area contributed by atoms with Gasteiger partial charge in [0.1, 0.15) is 12.1 Å². The second-order valence-corrected chi connectivity index (χ2v) is 5.14. The third-order valence-corrected chi connectivity index (χ3v) is 2.64. The lowest BCUT2D eigenvalue weighted by molar-refractivity contribution is 0.566. The normalized spacial score (nSPS) is 11.8. The van der Waals surface area contributed by atoms with Gasteiger partial charge < -0.3 is 5.73 Å². The zero-order chi connectivity index (χ0) is 12.5. The Labute approximate surface area is 102 Å². The molecule has 17 heavy (non-hydrogen) atoms. The molecule has 0 spiro atoms. The van der Waals surface area contributed by atoms with Crippen molar-refractivity contribution in [1.29, 1.82) is 0 Å². The fourth-order valence-electron chi connectivity index (χ4n) is 1.60. The summed E-state index contributed by atoms with van der Waals surface area (Å²) in [6.07, 6.45) is 5.37. The van der Waals surface area contributed by atoms with E-state index in [4.69, 9.17) is 5.73 Å². The van der Waals surface area contributed by atoms with E-state index in [9.17, 15) is 0 Å². The Balaban J connectivity index is 2.54. The zero-order valence-electron chi connectivity index (χ0n) is 10.5. The van der Waals surface area contributed by atoms with Crippen molar-refractivity contribution in [3.63, 3.8) is 0 Å². The van der Waals surface area contributed by atoms with Crippen LogP contribution >= 0.6 is 0 Å². The highest BCUT2D eigenvalue weighted by atomic mass is 15.1. The van der Waals surface area contributed by atoms with Gasteiger partial charge in [-0.1, -0.05) is 20.8 Å². The van der Waals surface area contributed by atoms with Gasteiger partial charge in [-0.15, -0.1) is 0 Å². The molecule has 0 fully saturated rings. The Morgan fingerprint density at radius 1 is 1.29 bits per heavy atom. The van der Waals surface area contributed by atoms with Crippen LogP contribution in [0, 0.1) is 0 Å². The number of aromatic nitrogens is 3. The first kappa shape index (κ1) is 11.8. The van der Waals surface area contributed by atoms with Crippen molar-refractivity contribution in [3.8, 4) is 5.82 Å². The largest absolute Gasteiger partial charge is 0.326 e. The summed E-state index contributed by atoms with van der Waals surface area (Å²) in [6.45, 7) is 6.96. The van der Waals surface area contributed by atoms with Gasteiger partial charge in [0, 0.05) is 30.0 Å². The van der Waals surface area contributed by atoms with Crippen LogP contribution in [-0.2, 0) is 12.0 Å². The molecule has 0 aliphatic carbocycles. The molecule has 2 N–H and O–H groups in total. The summed E-state index contributed by atoms with van der Waals surface area (Å²) in [5, 5.41) is 0. The maximum absolute atomic E-state index is 5.73. The Hall–Kier alpha value is -1.68. The topological polar surface area (TPSA) is 56.7 Å². The number of rotatable bonds is 2. The van der Waals surface area contributed by atoms with E-state index in [0.717, 1.165) is 17.1 Å². The van der Waals surface area contributed by atoms with Crippen molar-refractivity contribution < 1.29 is 0 Å². The Kier molecular flexibility index (Phi) is 2.98. The van der Waals surface area contributed by atoms with Crippen LogP contribution in [0.2, 0.25) is 0 Å². The lowest BCUT2D eigenvalue weighted by atomic mass is 9.91. The van der Waals surface area contributed by atoms with E-state index >= 15 is 0 Å². The molecule has 4 nitrogen and oxygen atoms in total. The molecule has 0 unspecified atom stereocenters. The van der Waals surface area contributed by atoms with Gasteiger partial charge in [0.15, 0.2) is 0 Å². The molecule has 2 aromatic rings. The highest BCUT2D eigenvalue weighted by Crippen LogP contribution is 2.22. The molecular formula is C13H18N4. The van der Waals surface area contributed by atoms with E-state index in [1.54, 1.807) is 12.5 Å². The molecule has 4 heteroatoms. The average Bonchev–Trinajstić information content (AvgIpc) is 2.80. The van der Waals surface area contributed by atoms with E-state index in [-0.39, 0.29) is 5.41 Å². The molecule has 0 amide bonds. The molecule has 2 heterocycles. The summed E-state index contributed by atoms with van der Waals surface area (Å²) in [4.78, 5) is 8.70. The summed E-state index contributed by atoms with van der Waals surface area (Å²) in [6, 6.07) is 4.07. The van der Waals surface area contributed by atoms with E-state index in [2.05, 4.69) is 36.8 Å². The maximum Gasteiger partial charge on any atom is 0.138 e. The third-order valence-electron chi connectivity index (χ3n) is 2.64. The highest BCUT2D eigenvalue weighted by Gasteiger charge is 2.17. The van der Waals surface area contributed by atoms with Gasteiger partial charge in [-0.2, -0.15) is 0 Å². The van der Waals surface area contributed by atoms with Crippen LogP contribution in [0.4, 0.5) is 0 Å². The molecule has 0 aliphatic heterocycles. The van der Waals surface area contributed by atoms with E-state index in [1.165, 1.54) is 0 Å². The Morgan fingerprint density at radius 3 is 2.59 bits per heavy atom. The van der Waals surface area contributed by atoms with Crippen molar-refractivity contribution in [2.24, 2.45) is 5.73 Å². The second-order valence-electron chi connectivity index (χ2n) is 5.14. The zero-order valence-corrected chi connectivity index (χ0v) is 10.5. The number of hydrogen-bond acceptors (Lipinski definition) is 3. The molecule has 90 valence electrons. The summed E-state index contributed by atoms with van der Waals surface area (Å²) < 4.78 is 1.90. The quantitative estimate of drug-likeness (QED) is 0.858. The Morgan fingerprint density at radius 2 is 2.06 bits per heavy atom. The average molecular weight is 230 g/mol. The van der Waals surface area contributed by atoms with Crippen molar-refractivity contribution in [3.05, 3.63) is 42.1 Å². The van der Waals surface area contributed by atoms with Crippen LogP contribution in [0.1, 0.15) is 32.0 Å². The van der Waals surface area contributed by atoms with Crippen LogP contribution in [0.25, 0.3) is 5.82 Å². The van der Waals surface area contributed by atoms with Crippen molar-refractivity contribution in [1.82, 2.24) is 14.5 Å². The van der Waals surface area contributed by atoms with Crippen molar-refractivity contribution >= 4 is 0 Å². The fourth-order valence-corrected chi connectivity index (χ4v) is 1.60. The van der Waals surface area contributed by atoms with Gasteiger partial charge in [0.25, 0.3) is 0 Å². The highest BCUT2D eigenvalue weighted by molar-refractivity contribution is 5.33. The molecule has 0 aromatic carbocycles. The lowest BCUT2D eigenvalue weighted by Crippen LogP contribution is -2.16. The minimum absolute atomic E-state index is 0.0144. The summed E-state index contributed by atoms with van der Waals surface area (Å²) in [5.41, 5.74) is 7.88. The SMILES string of the molecule is CC(C)(C)c1cc(CN)cc(-n2ccnc2)n1. The first-order valence-electron chi connectivity index (χ1n) is 5.70. The van der Waals surface area contributed by atoms with Crippen LogP contribution < -0.4 is 5.73 Å². The van der Waals surface area contributed by atoms with Crippen LogP contribution in [0.5, 0.6) is 0 Å². The van der Waals surface area contributed by atoms with Gasteiger partial charge in [-0.05, 0) is 17.7 Å². The van der Waals surface area contributed by atoms with Crippen LogP contribution in [0.3, 0.4) is 0 Å². The first-order chi connectivity index (χ1) is 8.00.